The summed E-state index contributed by atoms with van der Waals surface area (Å²) in [5.74, 6) is -0.536. The lowest BCUT2D eigenvalue weighted by Crippen LogP contribution is -2.14. The van der Waals surface area contributed by atoms with Crippen molar-refractivity contribution >= 4 is 17.7 Å². The zero-order valence-electron chi connectivity index (χ0n) is 11.8. The molecule has 0 saturated carbocycles. The Bertz CT molecular complexity index is 763. The molecule has 0 aromatic heterocycles. The summed E-state index contributed by atoms with van der Waals surface area (Å²) >= 11 is 0. The second kappa shape index (κ2) is 7.04. The van der Waals surface area contributed by atoms with Crippen LogP contribution < -0.4 is 10.1 Å². The predicted molar refractivity (Wildman–Crippen MR) is 81.6 cm³/mol. The van der Waals surface area contributed by atoms with E-state index in [1.165, 1.54) is 31.4 Å². The van der Waals surface area contributed by atoms with Crippen LogP contribution in [0.5, 0.6) is 5.75 Å². The number of anilines is 1. The van der Waals surface area contributed by atoms with Gasteiger partial charge in [0.2, 0.25) is 0 Å². The number of para-hydroxylation sites is 2. The number of rotatable bonds is 4. The van der Waals surface area contributed by atoms with Gasteiger partial charge in [-0.2, -0.15) is 5.26 Å². The quantitative estimate of drug-likeness (QED) is 0.695. The number of nitrogens with one attached hydrogen (secondary N) is 1. The van der Waals surface area contributed by atoms with Gasteiger partial charge in [-0.1, -0.05) is 24.3 Å². The molecule has 0 saturated heterocycles. The smallest absolute Gasteiger partial charge is 0.266 e. The molecule has 110 valence electrons. The van der Waals surface area contributed by atoms with E-state index in [-0.39, 0.29) is 5.57 Å². The molecule has 2 aromatic rings. The highest BCUT2D eigenvalue weighted by atomic mass is 19.1. The van der Waals surface area contributed by atoms with Crippen molar-refractivity contribution in [3.05, 3.63) is 65.5 Å². The first-order chi connectivity index (χ1) is 10.6. The number of methoxy groups -OCH3 is 1. The number of ether oxygens (including phenoxy) is 1. The molecule has 4 nitrogen and oxygen atoms in total. The standard InChI is InChI=1S/C17H13FN2O2/c1-22-16-8-3-2-7-15(16)20-17(21)13(11-19)9-12-5-4-6-14(18)10-12/h2-10H,1H3,(H,20,21)/b13-9+. The minimum absolute atomic E-state index is 0.128. The molecule has 0 radical (unpaired) electrons. The van der Waals surface area contributed by atoms with Crippen molar-refractivity contribution < 1.29 is 13.9 Å². The Morgan fingerprint density at radius 1 is 1.27 bits per heavy atom. The highest BCUT2D eigenvalue weighted by molar-refractivity contribution is 6.10. The van der Waals surface area contributed by atoms with E-state index in [4.69, 9.17) is 10.00 Å². The van der Waals surface area contributed by atoms with Crippen LogP contribution >= 0.6 is 0 Å². The number of benzene rings is 2. The Morgan fingerprint density at radius 3 is 2.73 bits per heavy atom. The van der Waals surface area contributed by atoms with Crippen molar-refractivity contribution in [2.75, 3.05) is 12.4 Å². The molecule has 0 unspecified atom stereocenters. The molecule has 0 heterocycles. The Labute approximate surface area is 127 Å². The SMILES string of the molecule is COc1ccccc1NC(=O)/C(C#N)=C/c1cccc(F)c1. The molecule has 22 heavy (non-hydrogen) atoms. The van der Waals surface area contributed by atoms with E-state index in [1.54, 1.807) is 30.3 Å². The topological polar surface area (TPSA) is 62.1 Å². The van der Waals surface area contributed by atoms with Crippen molar-refractivity contribution in [2.24, 2.45) is 0 Å². The largest absolute Gasteiger partial charge is 0.495 e. The van der Waals surface area contributed by atoms with E-state index < -0.39 is 11.7 Å². The van der Waals surface area contributed by atoms with Crippen molar-refractivity contribution in [2.45, 2.75) is 0 Å². The maximum Gasteiger partial charge on any atom is 0.266 e. The zero-order valence-corrected chi connectivity index (χ0v) is 11.8. The fraction of sp³-hybridized carbons (Fsp3) is 0.0588. The van der Waals surface area contributed by atoms with Gasteiger partial charge in [0.05, 0.1) is 12.8 Å². The Kier molecular flexibility index (Phi) is 4.89. The first-order valence-electron chi connectivity index (χ1n) is 6.46. The molecule has 1 amide bonds. The van der Waals surface area contributed by atoms with E-state index in [0.29, 0.717) is 17.0 Å². The van der Waals surface area contributed by atoms with Crippen LogP contribution in [0.1, 0.15) is 5.56 Å². The molecule has 0 spiro atoms. The maximum atomic E-state index is 13.1. The average molecular weight is 296 g/mol. The van der Waals surface area contributed by atoms with E-state index >= 15 is 0 Å². The number of hydrogen-bond acceptors (Lipinski definition) is 3. The van der Waals surface area contributed by atoms with Crippen molar-refractivity contribution in [1.82, 2.24) is 0 Å². The summed E-state index contributed by atoms with van der Waals surface area (Å²) in [6, 6.07) is 14.3. The van der Waals surface area contributed by atoms with Gasteiger partial charge in [-0.3, -0.25) is 4.79 Å². The minimum atomic E-state index is -0.587. The molecule has 0 aliphatic rings. The summed E-state index contributed by atoms with van der Waals surface area (Å²) in [4.78, 5) is 12.1. The number of hydrogen-bond donors (Lipinski definition) is 1. The number of carbonyl (C=O) groups is 1. The number of halogens is 1. The molecule has 0 aliphatic heterocycles. The second-order valence-electron chi connectivity index (χ2n) is 4.38. The molecule has 2 rings (SSSR count). The maximum absolute atomic E-state index is 13.1. The fourth-order valence-corrected chi connectivity index (χ4v) is 1.85. The molecular weight excluding hydrogens is 283 g/mol. The highest BCUT2D eigenvalue weighted by Gasteiger charge is 2.12. The lowest BCUT2D eigenvalue weighted by molar-refractivity contribution is -0.112. The lowest BCUT2D eigenvalue weighted by atomic mass is 10.1. The fourth-order valence-electron chi connectivity index (χ4n) is 1.85. The van der Waals surface area contributed by atoms with Gasteiger partial charge in [0.15, 0.2) is 0 Å². The zero-order chi connectivity index (χ0) is 15.9. The summed E-state index contributed by atoms with van der Waals surface area (Å²) < 4.78 is 18.3. The van der Waals surface area contributed by atoms with Gasteiger partial charge in [0, 0.05) is 0 Å². The van der Waals surface area contributed by atoms with Gasteiger partial charge in [-0.15, -0.1) is 0 Å². The van der Waals surface area contributed by atoms with Crippen LogP contribution in [0.15, 0.2) is 54.1 Å². The normalized spacial score (nSPS) is 10.7. The second-order valence-corrected chi connectivity index (χ2v) is 4.38. The van der Waals surface area contributed by atoms with Crippen LogP contribution in [0, 0.1) is 17.1 Å². The Balaban J connectivity index is 2.25. The van der Waals surface area contributed by atoms with Crippen LogP contribution in [0.4, 0.5) is 10.1 Å². The van der Waals surface area contributed by atoms with Crippen LogP contribution in [0.2, 0.25) is 0 Å². The van der Waals surface area contributed by atoms with E-state index in [9.17, 15) is 9.18 Å². The third-order valence-electron chi connectivity index (χ3n) is 2.88. The first kappa shape index (κ1) is 15.3. The average Bonchev–Trinajstić information content (AvgIpc) is 2.53. The van der Waals surface area contributed by atoms with Crippen molar-refractivity contribution in [1.29, 1.82) is 5.26 Å². The van der Waals surface area contributed by atoms with Gasteiger partial charge >= 0.3 is 0 Å². The Morgan fingerprint density at radius 2 is 2.05 bits per heavy atom. The molecule has 0 bridgehead atoms. The van der Waals surface area contributed by atoms with Gasteiger partial charge in [0.25, 0.3) is 5.91 Å². The highest BCUT2D eigenvalue weighted by Crippen LogP contribution is 2.23. The van der Waals surface area contributed by atoms with Crippen LogP contribution in [0.25, 0.3) is 6.08 Å². The van der Waals surface area contributed by atoms with Crippen molar-refractivity contribution in [3.8, 4) is 11.8 Å². The third kappa shape index (κ3) is 3.70. The van der Waals surface area contributed by atoms with Gasteiger partial charge < -0.3 is 10.1 Å². The molecule has 1 N–H and O–H groups in total. The van der Waals surface area contributed by atoms with E-state index in [2.05, 4.69) is 5.32 Å². The van der Waals surface area contributed by atoms with E-state index in [0.717, 1.165) is 0 Å². The van der Waals surface area contributed by atoms with Crippen LogP contribution in [-0.2, 0) is 4.79 Å². The molecule has 2 aromatic carbocycles. The van der Waals surface area contributed by atoms with Crippen LogP contribution in [-0.4, -0.2) is 13.0 Å². The summed E-state index contributed by atoms with van der Waals surface area (Å²) in [5, 5.41) is 11.7. The van der Waals surface area contributed by atoms with Crippen molar-refractivity contribution in [3.63, 3.8) is 0 Å². The molecular formula is C17H13FN2O2. The molecule has 0 aliphatic carbocycles. The lowest BCUT2D eigenvalue weighted by Gasteiger charge is -2.09. The summed E-state index contributed by atoms with van der Waals surface area (Å²) in [7, 11) is 1.48. The van der Waals surface area contributed by atoms with Gasteiger partial charge in [-0.25, -0.2) is 4.39 Å². The summed E-state index contributed by atoms with van der Waals surface area (Å²) in [6.07, 6.45) is 1.33. The number of nitriles is 1. The third-order valence-corrected chi connectivity index (χ3v) is 2.88. The number of amides is 1. The van der Waals surface area contributed by atoms with Crippen LogP contribution in [0.3, 0.4) is 0 Å². The molecule has 5 heteroatoms. The number of nitrogens with zero attached hydrogens (tertiary/aromatic N) is 1. The number of carbonyl (C=O) groups excluding carboxylic acids is 1. The van der Waals surface area contributed by atoms with Gasteiger partial charge in [0.1, 0.15) is 23.2 Å². The Hall–Kier alpha value is -3.13. The van der Waals surface area contributed by atoms with E-state index in [1.807, 2.05) is 6.07 Å². The van der Waals surface area contributed by atoms with Gasteiger partial charge in [-0.05, 0) is 35.9 Å². The minimum Gasteiger partial charge on any atom is -0.495 e. The first-order valence-corrected chi connectivity index (χ1v) is 6.46. The summed E-state index contributed by atoms with van der Waals surface area (Å²) in [6.45, 7) is 0. The summed E-state index contributed by atoms with van der Waals surface area (Å²) in [5.41, 5.74) is 0.763. The molecule has 0 atom stereocenters. The monoisotopic (exact) mass is 296 g/mol. The predicted octanol–water partition coefficient (Wildman–Crippen LogP) is 3.38. The molecule has 0 fully saturated rings.